The zero-order valence-electron chi connectivity index (χ0n) is 15.7. The highest BCUT2D eigenvalue weighted by Gasteiger charge is 2.15. The number of ether oxygens (including phenoxy) is 2. The first kappa shape index (κ1) is 19.9. The minimum Gasteiger partial charge on any atom is -0.465 e. The van der Waals surface area contributed by atoms with Crippen molar-refractivity contribution in [1.29, 1.82) is 0 Å². The van der Waals surface area contributed by atoms with Crippen LogP contribution in [0.2, 0.25) is 0 Å². The van der Waals surface area contributed by atoms with Gasteiger partial charge in [-0.1, -0.05) is 17.7 Å². The van der Waals surface area contributed by atoms with Crippen LogP contribution < -0.4 is 5.32 Å². The first-order chi connectivity index (χ1) is 12.9. The van der Waals surface area contributed by atoms with Crippen LogP contribution in [0.5, 0.6) is 0 Å². The monoisotopic (exact) mass is 367 g/mol. The standard InChI is InChI=1S/C21H21NO5/c1-13-5-6-14(2)17(11-13)19(23)9-10-22-18-12-15(20(24)26-3)7-8-16(18)21(25)27-4/h5-12,22H,1-4H3. The molecule has 6 nitrogen and oxygen atoms in total. The summed E-state index contributed by atoms with van der Waals surface area (Å²) in [5.41, 5.74) is 3.29. The van der Waals surface area contributed by atoms with Gasteiger partial charge in [0.05, 0.1) is 31.0 Å². The summed E-state index contributed by atoms with van der Waals surface area (Å²) in [4.78, 5) is 36.0. The number of anilines is 1. The third-order valence-corrected chi connectivity index (χ3v) is 3.98. The summed E-state index contributed by atoms with van der Waals surface area (Å²) in [5, 5.41) is 2.87. The average Bonchev–Trinajstić information content (AvgIpc) is 2.68. The summed E-state index contributed by atoms with van der Waals surface area (Å²) >= 11 is 0. The number of hydrogen-bond acceptors (Lipinski definition) is 6. The lowest BCUT2D eigenvalue weighted by atomic mass is 10.0. The van der Waals surface area contributed by atoms with E-state index in [9.17, 15) is 14.4 Å². The Labute approximate surface area is 157 Å². The summed E-state index contributed by atoms with van der Waals surface area (Å²) in [6, 6.07) is 10.0. The molecule has 0 heterocycles. The predicted octanol–water partition coefficient (Wildman–Crippen LogP) is 3.69. The van der Waals surface area contributed by atoms with E-state index in [-0.39, 0.29) is 16.9 Å². The van der Waals surface area contributed by atoms with Gasteiger partial charge in [-0.3, -0.25) is 4.79 Å². The molecule has 0 spiro atoms. The Hall–Kier alpha value is -3.41. The maximum atomic E-state index is 12.4. The molecular weight excluding hydrogens is 346 g/mol. The van der Waals surface area contributed by atoms with Crippen LogP contribution in [-0.4, -0.2) is 31.9 Å². The van der Waals surface area contributed by atoms with Gasteiger partial charge < -0.3 is 14.8 Å². The Bertz CT molecular complexity index is 915. The molecular formula is C21H21NO5. The van der Waals surface area contributed by atoms with E-state index in [1.807, 2.05) is 32.0 Å². The highest BCUT2D eigenvalue weighted by Crippen LogP contribution is 2.20. The van der Waals surface area contributed by atoms with Gasteiger partial charge in [0.1, 0.15) is 0 Å². The lowest BCUT2D eigenvalue weighted by Gasteiger charge is -2.09. The van der Waals surface area contributed by atoms with Crippen LogP contribution in [0.1, 0.15) is 42.2 Å². The van der Waals surface area contributed by atoms with E-state index in [0.29, 0.717) is 11.3 Å². The van der Waals surface area contributed by atoms with Crippen molar-refractivity contribution in [2.24, 2.45) is 0 Å². The number of carbonyl (C=O) groups excluding carboxylic acids is 3. The molecule has 0 atom stereocenters. The van der Waals surface area contributed by atoms with E-state index in [1.54, 1.807) is 0 Å². The van der Waals surface area contributed by atoms with Gasteiger partial charge in [0.25, 0.3) is 0 Å². The Balaban J connectivity index is 2.28. The number of methoxy groups -OCH3 is 2. The van der Waals surface area contributed by atoms with Gasteiger partial charge in [-0.25, -0.2) is 9.59 Å². The molecule has 0 saturated carbocycles. The van der Waals surface area contributed by atoms with E-state index < -0.39 is 11.9 Å². The van der Waals surface area contributed by atoms with Gasteiger partial charge >= 0.3 is 11.9 Å². The maximum Gasteiger partial charge on any atom is 0.339 e. The molecule has 2 aromatic carbocycles. The van der Waals surface area contributed by atoms with Gasteiger partial charge in [0.2, 0.25) is 0 Å². The van der Waals surface area contributed by atoms with E-state index in [0.717, 1.165) is 11.1 Å². The SMILES string of the molecule is COC(=O)c1ccc(C(=O)OC)c(NC=CC(=O)c2cc(C)ccc2C)c1. The lowest BCUT2D eigenvalue weighted by Crippen LogP contribution is -2.09. The Morgan fingerprint density at radius 1 is 0.889 bits per heavy atom. The number of carbonyl (C=O) groups is 3. The van der Waals surface area contributed by atoms with E-state index in [1.165, 1.54) is 44.7 Å². The van der Waals surface area contributed by atoms with Gasteiger partial charge in [-0.15, -0.1) is 0 Å². The number of hydrogen-bond donors (Lipinski definition) is 1. The number of allylic oxidation sites excluding steroid dienone is 1. The zero-order chi connectivity index (χ0) is 20.0. The second-order valence-corrected chi connectivity index (χ2v) is 5.90. The van der Waals surface area contributed by atoms with E-state index in [4.69, 9.17) is 4.74 Å². The second-order valence-electron chi connectivity index (χ2n) is 5.90. The quantitative estimate of drug-likeness (QED) is 0.476. The summed E-state index contributed by atoms with van der Waals surface area (Å²) in [5.74, 6) is -1.28. The largest absolute Gasteiger partial charge is 0.465 e. The number of aryl methyl sites for hydroxylation is 2. The molecule has 140 valence electrons. The minimum atomic E-state index is -0.567. The van der Waals surface area contributed by atoms with Gasteiger partial charge in [0, 0.05) is 17.8 Å². The molecule has 1 N–H and O–H groups in total. The maximum absolute atomic E-state index is 12.4. The van der Waals surface area contributed by atoms with Crippen LogP contribution in [0.3, 0.4) is 0 Å². The summed E-state index contributed by atoms with van der Waals surface area (Å²) < 4.78 is 9.43. The number of ketones is 1. The second kappa shape index (κ2) is 8.80. The van der Waals surface area contributed by atoms with Crippen LogP contribution in [0.25, 0.3) is 0 Å². The van der Waals surface area contributed by atoms with Crippen molar-refractivity contribution >= 4 is 23.4 Å². The normalized spacial score (nSPS) is 10.5. The number of rotatable bonds is 6. The third kappa shape index (κ3) is 4.82. The van der Waals surface area contributed by atoms with Gasteiger partial charge in [-0.2, -0.15) is 0 Å². The fraction of sp³-hybridized carbons (Fsp3) is 0.190. The molecule has 0 radical (unpaired) electrons. The molecule has 0 aliphatic rings. The Morgan fingerprint density at radius 3 is 2.26 bits per heavy atom. The van der Waals surface area contributed by atoms with Crippen molar-refractivity contribution in [2.75, 3.05) is 19.5 Å². The molecule has 6 heteroatoms. The Morgan fingerprint density at radius 2 is 1.59 bits per heavy atom. The number of benzene rings is 2. The van der Waals surface area contributed by atoms with Crippen molar-refractivity contribution in [3.63, 3.8) is 0 Å². The first-order valence-electron chi connectivity index (χ1n) is 8.22. The van der Waals surface area contributed by atoms with Gasteiger partial charge in [0.15, 0.2) is 5.78 Å². The lowest BCUT2D eigenvalue weighted by molar-refractivity contribution is 0.0587. The molecule has 27 heavy (non-hydrogen) atoms. The van der Waals surface area contributed by atoms with Crippen molar-refractivity contribution in [3.8, 4) is 0 Å². The number of nitrogens with one attached hydrogen (secondary N) is 1. The smallest absolute Gasteiger partial charge is 0.339 e. The van der Waals surface area contributed by atoms with E-state index in [2.05, 4.69) is 10.1 Å². The minimum absolute atomic E-state index is 0.174. The molecule has 0 aliphatic carbocycles. The average molecular weight is 367 g/mol. The van der Waals surface area contributed by atoms with E-state index >= 15 is 0 Å². The predicted molar refractivity (Wildman–Crippen MR) is 102 cm³/mol. The van der Waals surface area contributed by atoms with Crippen molar-refractivity contribution in [3.05, 3.63) is 76.5 Å². The summed E-state index contributed by atoms with van der Waals surface area (Å²) in [7, 11) is 2.53. The molecule has 0 unspecified atom stereocenters. The van der Waals surface area contributed by atoms with Gasteiger partial charge in [-0.05, 0) is 43.7 Å². The molecule has 2 rings (SSSR count). The summed E-state index contributed by atoms with van der Waals surface area (Å²) in [6.07, 6.45) is 2.79. The summed E-state index contributed by atoms with van der Waals surface area (Å²) in [6.45, 7) is 3.78. The van der Waals surface area contributed by atoms with Crippen LogP contribution in [0.4, 0.5) is 5.69 Å². The highest BCUT2D eigenvalue weighted by atomic mass is 16.5. The first-order valence-corrected chi connectivity index (χ1v) is 8.22. The molecule has 0 aromatic heterocycles. The van der Waals surface area contributed by atoms with Crippen molar-refractivity contribution in [2.45, 2.75) is 13.8 Å². The Kier molecular flexibility index (Phi) is 6.49. The molecule has 0 aliphatic heterocycles. The molecule has 0 bridgehead atoms. The molecule has 0 fully saturated rings. The fourth-order valence-electron chi connectivity index (χ4n) is 2.49. The van der Waals surface area contributed by atoms with Crippen LogP contribution in [-0.2, 0) is 9.47 Å². The van der Waals surface area contributed by atoms with Crippen molar-refractivity contribution < 1.29 is 23.9 Å². The fourth-order valence-corrected chi connectivity index (χ4v) is 2.49. The molecule has 2 aromatic rings. The number of esters is 2. The van der Waals surface area contributed by atoms with Crippen LogP contribution >= 0.6 is 0 Å². The molecule has 0 saturated heterocycles. The topological polar surface area (TPSA) is 81.7 Å². The third-order valence-electron chi connectivity index (χ3n) is 3.98. The van der Waals surface area contributed by atoms with Crippen LogP contribution in [0.15, 0.2) is 48.7 Å². The van der Waals surface area contributed by atoms with Crippen LogP contribution in [0, 0.1) is 13.8 Å². The molecule has 0 amide bonds. The zero-order valence-corrected chi connectivity index (χ0v) is 15.7. The van der Waals surface area contributed by atoms with Crippen molar-refractivity contribution in [1.82, 2.24) is 0 Å². The highest BCUT2D eigenvalue weighted by molar-refractivity contribution is 6.06.